The lowest BCUT2D eigenvalue weighted by atomic mass is 9.95. The molecule has 2 aliphatic rings. The molecule has 1 aliphatic carbocycles. The number of alkyl halides is 3. The first-order valence-electron chi connectivity index (χ1n) is 6.87. The highest BCUT2D eigenvalue weighted by atomic mass is 19.4. The maximum atomic E-state index is 12.7. The number of amides is 1. The van der Waals surface area contributed by atoms with E-state index in [0.717, 1.165) is 17.7 Å². The Bertz CT molecular complexity index is 341. The van der Waals surface area contributed by atoms with Gasteiger partial charge in [0.15, 0.2) is 0 Å². The zero-order valence-corrected chi connectivity index (χ0v) is 11.3. The van der Waals surface area contributed by atoms with Crippen molar-refractivity contribution in [3.8, 4) is 0 Å². The van der Waals surface area contributed by atoms with Crippen molar-refractivity contribution in [1.82, 2.24) is 10.2 Å². The molecule has 1 unspecified atom stereocenters. The summed E-state index contributed by atoms with van der Waals surface area (Å²) < 4.78 is 38.1. The predicted molar refractivity (Wildman–Crippen MR) is 65.5 cm³/mol. The number of carbonyl (C=O) groups is 1. The van der Waals surface area contributed by atoms with Gasteiger partial charge in [-0.05, 0) is 38.1 Å². The molecule has 3 atom stereocenters. The van der Waals surface area contributed by atoms with E-state index in [0.29, 0.717) is 13.1 Å². The normalized spacial score (nSPS) is 29.3. The monoisotopic (exact) mass is 278 g/mol. The predicted octanol–water partition coefficient (Wildman–Crippen LogP) is 2.03. The van der Waals surface area contributed by atoms with Crippen LogP contribution in [0.1, 0.15) is 26.7 Å². The van der Waals surface area contributed by atoms with Crippen LogP contribution in [0.15, 0.2) is 0 Å². The molecule has 0 radical (unpaired) electrons. The van der Waals surface area contributed by atoms with E-state index in [1.54, 1.807) is 6.92 Å². The minimum atomic E-state index is -4.33. The third kappa shape index (κ3) is 3.61. The maximum absolute atomic E-state index is 12.7. The Labute approximate surface area is 111 Å². The Balaban J connectivity index is 2.09. The Morgan fingerprint density at radius 2 is 2.00 bits per heavy atom. The van der Waals surface area contributed by atoms with Crippen molar-refractivity contribution in [3.63, 3.8) is 0 Å². The SMILES string of the molecule is CC(C1CC1)N(CC(F)(F)F)C(=O)[C@@H]1CNC[C@H]1C. The van der Waals surface area contributed by atoms with Crippen molar-refractivity contribution < 1.29 is 18.0 Å². The molecule has 0 bridgehead atoms. The van der Waals surface area contributed by atoms with Gasteiger partial charge in [-0.3, -0.25) is 4.79 Å². The van der Waals surface area contributed by atoms with E-state index in [2.05, 4.69) is 5.32 Å². The summed E-state index contributed by atoms with van der Waals surface area (Å²) in [6.07, 6.45) is -2.46. The van der Waals surface area contributed by atoms with Crippen LogP contribution in [-0.4, -0.2) is 42.7 Å². The topological polar surface area (TPSA) is 32.3 Å². The van der Waals surface area contributed by atoms with Gasteiger partial charge in [-0.25, -0.2) is 0 Å². The van der Waals surface area contributed by atoms with Crippen molar-refractivity contribution in [2.75, 3.05) is 19.6 Å². The highest BCUT2D eigenvalue weighted by molar-refractivity contribution is 5.80. The van der Waals surface area contributed by atoms with Crippen molar-refractivity contribution in [1.29, 1.82) is 0 Å². The number of hydrogen-bond acceptors (Lipinski definition) is 2. The Hall–Kier alpha value is -0.780. The summed E-state index contributed by atoms with van der Waals surface area (Å²) in [6.45, 7) is 3.73. The van der Waals surface area contributed by atoms with Gasteiger partial charge in [0.2, 0.25) is 5.91 Å². The number of nitrogens with zero attached hydrogens (tertiary/aromatic N) is 1. The summed E-state index contributed by atoms with van der Waals surface area (Å²) in [4.78, 5) is 13.5. The number of rotatable bonds is 4. The second kappa shape index (κ2) is 5.31. The maximum Gasteiger partial charge on any atom is 0.406 e. The van der Waals surface area contributed by atoms with Crippen LogP contribution in [-0.2, 0) is 4.79 Å². The molecule has 1 N–H and O–H groups in total. The van der Waals surface area contributed by atoms with Gasteiger partial charge in [-0.15, -0.1) is 0 Å². The summed E-state index contributed by atoms with van der Waals surface area (Å²) in [5, 5.41) is 3.08. The molecule has 3 nitrogen and oxygen atoms in total. The first kappa shape index (κ1) is 14.6. The summed E-state index contributed by atoms with van der Waals surface area (Å²) >= 11 is 0. The molecule has 6 heteroatoms. The summed E-state index contributed by atoms with van der Waals surface area (Å²) in [6, 6.07) is -0.304. The fourth-order valence-corrected chi connectivity index (χ4v) is 2.80. The third-order valence-electron chi connectivity index (χ3n) is 4.26. The van der Waals surface area contributed by atoms with E-state index in [4.69, 9.17) is 0 Å². The van der Waals surface area contributed by atoms with E-state index >= 15 is 0 Å². The summed E-state index contributed by atoms with van der Waals surface area (Å²) in [7, 11) is 0. The van der Waals surface area contributed by atoms with Crippen molar-refractivity contribution >= 4 is 5.91 Å². The van der Waals surface area contributed by atoms with Crippen LogP contribution >= 0.6 is 0 Å². The number of hydrogen-bond donors (Lipinski definition) is 1. The van der Waals surface area contributed by atoms with Gasteiger partial charge >= 0.3 is 6.18 Å². The van der Waals surface area contributed by atoms with Crippen molar-refractivity contribution in [2.24, 2.45) is 17.8 Å². The molecule has 1 amide bonds. The lowest BCUT2D eigenvalue weighted by molar-refractivity contribution is -0.168. The lowest BCUT2D eigenvalue weighted by Gasteiger charge is -2.33. The molecule has 110 valence electrons. The number of halogens is 3. The van der Waals surface area contributed by atoms with Crippen molar-refractivity contribution in [3.05, 3.63) is 0 Å². The van der Waals surface area contributed by atoms with E-state index in [1.807, 2.05) is 6.92 Å². The molecule has 2 fully saturated rings. The van der Waals surface area contributed by atoms with Crippen LogP contribution in [0.4, 0.5) is 13.2 Å². The highest BCUT2D eigenvalue weighted by Gasteiger charge is 2.43. The zero-order valence-electron chi connectivity index (χ0n) is 11.3. The smallest absolute Gasteiger partial charge is 0.330 e. The lowest BCUT2D eigenvalue weighted by Crippen LogP contribution is -2.49. The minimum absolute atomic E-state index is 0.106. The highest BCUT2D eigenvalue weighted by Crippen LogP contribution is 2.37. The molecule has 0 spiro atoms. The standard InChI is InChI=1S/C13H21F3N2O/c1-8-5-17-6-11(8)12(19)18(7-13(14,15)16)9(2)10-3-4-10/h8-11,17H,3-7H2,1-2H3/t8-,9?,11-/m1/s1. The molecule has 1 saturated carbocycles. The Morgan fingerprint density at radius 1 is 1.37 bits per heavy atom. The van der Waals surface area contributed by atoms with Crippen LogP contribution in [0.2, 0.25) is 0 Å². The quantitative estimate of drug-likeness (QED) is 0.853. The summed E-state index contributed by atoms with van der Waals surface area (Å²) in [5.74, 6) is -0.302. The van der Waals surface area contributed by atoms with Gasteiger partial charge in [0.05, 0.1) is 5.92 Å². The Morgan fingerprint density at radius 3 is 2.42 bits per heavy atom. The molecular weight excluding hydrogens is 257 g/mol. The molecule has 2 rings (SSSR count). The number of carbonyl (C=O) groups excluding carboxylic acids is 1. The molecule has 0 aromatic carbocycles. The molecule has 1 saturated heterocycles. The van der Waals surface area contributed by atoms with Gasteiger partial charge in [-0.2, -0.15) is 13.2 Å². The van der Waals surface area contributed by atoms with Gasteiger partial charge in [0.1, 0.15) is 6.54 Å². The van der Waals surface area contributed by atoms with E-state index in [9.17, 15) is 18.0 Å². The van der Waals surface area contributed by atoms with E-state index in [1.165, 1.54) is 0 Å². The first-order chi connectivity index (χ1) is 8.79. The van der Waals surface area contributed by atoms with Crippen molar-refractivity contribution in [2.45, 2.75) is 38.9 Å². The zero-order chi connectivity index (χ0) is 14.2. The molecule has 19 heavy (non-hydrogen) atoms. The van der Waals surface area contributed by atoms with Crippen LogP contribution in [0.5, 0.6) is 0 Å². The largest absolute Gasteiger partial charge is 0.406 e. The van der Waals surface area contributed by atoms with Gasteiger partial charge in [-0.1, -0.05) is 6.92 Å². The van der Waals surface area contributed by atoms with Gasteiger partial charge in [0.25, 0.3) is 0 Å². The van der Waals surface area contributed by atoms with E-state index in [-0.39, 0.29) is 29.7 Å². The Kier molecular flexibility index (Phi) is 4.08. The second-order valence-corrected chi connectivity index (χ2v) is 5.90. The molecule has 1 heterocycles. The fraction of sp³-hybridized carbons (Fsp3) is 0.923. The average molecular weight is 278 g/mol. The van der Waals surface area contributed by atoms with Crippen LogP contribution in [0.25, 0.3) is 0 Å². The minimum Gasteiger partial charge on any atom is -0.330 e. The summed E-state index contributed by atoms with van der Waals surface area (Å²) in [5.41, 5.74) is 0. The fourth-order valence-electron chi connectivity index (χ4n) is 2.80. The van der Waals surface area contributed by atoms with Crippen LogP contribution in [0, 0.1) is 17.8 Å². The molecule has 0 aromatic rings. The van der Waals surface area contributed by atoms with Crippen LogP contribution < -0.4 is 5.32 Å². The number of nitrogens with one attached hydrogen (secondary N) is 1. The molecule has 0 aromatic heterocycles. The molecule has 1 aliphatic heterocycles. The second-order valence-electron chi connectivity index (χ2n) is 5.90. The molecular formula is C13H21F3N2O. The van der Waals surface area contributed by atoms with E-state index < -0.39 is 12.7 Å². The average Bonchev–Trinajstić information content (AvgIpc) is 3.06. The third-order valence-corrected chi connectivity index (χ3v) is 4.26. The first-order valence-corrected chi connectivity index (χ1v) is 6.87. The van der Waals surface area contributed by atoms with Gasteiger partial charge < -0.3 is 10.2 Å². The van der Waals surface area contributed by atoms with Gasteiger partial charge in [0, 0.05) is 12.6 Å². The van der Waals surface area contributed by atoms with Crippen LogP contribution in [0.3, 0.4) is 0 Å².